The van der Waals surface area contributed by atoms with E-state index in [-0.39, 0.29) is 0 Å². The maximum atomic E-state index is 9.22. The highest BCUT2D eigenvalue weighted by Crippen LogP contribution is 2.34. The van der Waals surface area contributed by atoms with Crippen molar-refractivity contribution in [3.8, 4) is 6.07 Å². The first-order valence-corrected chi connectivity index (χ1v) is 6.87. The molecule has 2 saturated heterocycles. The van der Waals surface area contributed by atoms with Crippen molar-refractivity contribution in [2.45, 2.75) is 18.9 Å². The molecular weight excluding hydrogens is 238 g/mol. The molecule has 0 saturated carbocycles. The van der Waals surface area contributed by atoms with E-state index < -0.39 is 0 Å². The van der Waals surface area contributed by atoms with Crippen molar-refractivity contribution < 1.29 is 0 Å². The number of fused-ring (bicyclic) bond motifs is 1. The summed E-state index contributed by atoms with van der Waals surface area (Å²) in [6.07, 6.45) is 4.10. The zero-order valence-electron chi connectivity index (χ0n) is 11.2. The van der Waals surface area contributed by atoms with Crippen LogP contribution in [0.25, 0.3) is 0 Å². The third kappa shape index (κ3) is 2.18. The molecule has 0 spiro atoms. The van der Waals surface area contributed by atoms with Gasteiger partial charge in [-0.05, 0) is 37.9 Å². The van der Waals surface area contributed by atoms with Crippen molar-refractivity contribution in [2.24, 2.45) is 5.92 Å². The van der Waals surface area contributed by atoms with Gasteiger partial charge in [0.05, 0.1) is 5.56 Å². The summed E-state index contributed by atoms with van der Waals surface area (Å²) in [5.74, 6) is 1.55. The van der Waals surface area contributed by atoms with Gasteiger partial charge in [-0.3, -0.25) is 5.43 Å². The lowest BCUT2D eigenvalue weighted by atomic mass is 9.93. The largest absolute Gasteiger partial charge is 0.352 e. The number of hydrogen-bond acceptors (Lipinski definition) is 5. The standard InChI is InChI=1S/C14H19N5/c1-16-18-7-5-13-12(10-18)4-8-19(13)14-11(9-15)3-2-6-17-14/h2-3,6,12-13,16H,4-5,7-8,10H2,1H3/t12-,13+/m0/s1. The van der Waals surface area contributed by atoms with Crippen LogP contribution in [0, 0.1) is 17.2 Å². The average molecular weight is 257 g/mol. The first-order chi connectivity index (χ1) is 9.33. The Morgan fingerprint density at radius 3 is 3.11 bits per heavy atom. The highest BCUT2D eigenvalue weighted by atomic mass is 15.5. The van der Waals surface area contributed by atoms with Gasteiger partial charge < -0.3 is 4.90 Å². The number of nitriles is 1. The minimum absolute atomic E-state index is 0.534. The van der Waals surface area contributed by atoms with E-state index in [1.54, 1.807) is 6.20 Å². The molecule has 0 amide bonds. The Hall–Kier alpha value is -1.64. The van der Waals surface area contributed by atoms with Crippen LogP contribution in [0.2, 0.25) is 0 Å². The van der Waals surface area contributed by atoms with Gasteiger partial charge in [-0.25, -0.2) is 9.99 Å². The third-order valence-electron chi connectivity index (χ3n) is 4.33. The number of aromatic nitrogens is 1. The van der Waals surface area contributed by atoms with Crippen molar-refractivity contribution in [1.82, 2.24) is 15.4 Å². The van der Waals surface area contributed by atoms with E-state index >= 15 is 0 Å². The molecule has 0 bridgehead atoms. The van der Waals surface area contributed by atoms with E-state index in [1.165, 1.54) is 6.42 Å². The molecule has 1 aromatic heterocycles. The molecule has 3 rings (SSSR count). The van der Waals surface area contributed by atoms with E-state index in [0.29, 0.717) is 17.5 Å². The number of rotatable bonds is 2. The van der Waals surface area contributed by atoms with Crippen molar-refractivity contribution in [3.05, 3.63) is 23.9 Å². The fourth-order valence-electron chi connectivity index (χ4n) is 3.36. The second-order valence-electron chi connectivity index (χ2n) is 5.25. The van der Waals surface area contributed by atoms with Crippen LogP contribution in [0.1, 0.15) is 18.4 Å². The SMILES string of the molecule is CNN1CC[C@@H]2[C@@H](CCN2c2ncccc2C#N)C1. The van der Waals surface area contributed by atoms with Gasteiger partial charge in [0.15, 0.2) is 0 Å². The smallest absolute Gasteiger partial charge is 0.146 e. The molecule has 0 aliphatic carbocycles. The first kappa shape index (κ1) is 12.4. The predicted molar refractivity (Wildman–Crippen MR) is 73.4 cm³/mol. The van der Waals surface area contributed by atoms with Crippen molar-refractivity contribution in [2.75, 3.05) is 31.6 Å². The molecule has 0 unspecified atom stereocenters. The topological polar surface area (TPSA) is 55.2 Å². The molecule has 100 valence electrons. The molecule has 2 aliphatic rings. The summed E-state index contributed by atoms with van der Waals surface area (Å²) in [5, 5.41) is 11.5. The van der Waals surface area contributed by atoms with Crippen LogP contribution in [0.5, 0.6) is 0 Å². The zero-order chi connectivity index (χ0) is 13.2. The Bertz CT molecular complexity index is 495. The Morgan fingerprint density at radius 1 is 1.42 bits per heavy atom. The third-order valence-corrected chi connectivity index (χ3v) is 4.33. The highest BCUT2D eigenvalue weighted by Gasteiger charge is 2.39. The molecule has 2 fully saturated rings. The van der Waals surface area contributed by atoms with Gasteiger partial charge in [-0.15, -0.1) is 0 Å². The van der Waals surface area contributed by atoms with Crippen molar-refractivity contribution in [3.63, 3.8) is 0 Å². The van der Waals surface area contributed by atoms with E-state index in [2.05, 4.69) is 26.4 Å². The lowest BCUT2D eigenvalue weighted by Crippen LogP contribution is -2.50. The Kier molecular flexibility index (Phi) is 3.36. The molecule has 19 heavy (non-hydrogen) atoms. The molecular formula is C14H19N5. The van der Waals surface area contributed by atoms with Crippen LogP contribution in [0.4, 0.5) is 5.82 Å². The molecule has 2 atom stereocenters. The van der Waals surface area contributed by atoms with Gasteiger partial charge in [0.25, 0.3) is 0 Å². The minimum Gasteiger partial charge on any atom is -0.352 e. The maximum absolute atomic E-state index is 9.22. The Morgan fingerprint density at radius 2 is 2.32 bits per heavy atom. The van der Waals surface area contributed by atoms with Gasteiger partial charge in [-0.2, -0.15) is 5.26 Å². The van der Waals surface area contributed by atoms with Gasteiger partial charge in [0.1, 0.15) is 11.9 Å². The minimum atomic E-state index is 0.534. The fraction of sp³-hybridized carbons (Fsp3) is 0.571. The number of nitrogens with one attached hydrogen (secondary N) is 1. The van der Waals surface area contributed by atoms with Gasteiger partial charge in [0.2, 0.25) is 0 Å². The van der Waals surface area contributed by atoms with Crippen LogP contribution in [0.3, 0.4) is 0 Å². The Labute approximate surface area is 113 Å². The van der Waals surface area contributed by atoms with Crippen LogP contribution in [0.15, 0.2) is 18.3 Å². The summed E-state index contributed by atoms with van der Waals surface area (Å²) in [6, 6.07) is 6.49. The van der Waals surface area contributed by atoms with Gasteiger partial charge in [0, 0.05) is 31.9 Å². The second-order valence-corrected chi connectivity index (χ2v) is 5.25. The molecule has 5 nitrogen and oxygen atoms in total. The predicted octanol–water partition coefficient (Wildman–Crippen LogP) is 0.988. The van der Waals surface area contributed by atoms with E-state index in [4.69, 9.17) is 0 Å². The number of hydrazine groups is 1. The summed E-state index contributed by atoms with van der Waals surface area (Å²) in [5.41, 5.74) is 3.93. The van der Waals surface area contributed by atoms with Crippen LogP contribution < -0.4 is 10.3 Å². The van der Waals surface area contributed by atoms with Crippen LogP contribution >= 0.6 is 0 Å². The summed E-state index contributed by atoms with van der Waals surface area (Å²) in [4.78, 5) is 6.78. The lowest BCUT2D eigenvalue weighted by molar-refractivity contribution is 0.123. The van der Waals surface area contributed by atoms with E-state index in [0.717, 1.165) is 31.9 Å². The molecule has 5 heteroatoms. The number of pyridine rings is 1. The summed E-state index contributed by atoms with van der Waals surface area (Å²) < 4.78 is 0. The van der Waals surface area contributed by atoms with Crippen molar-refractivity contribution in [1.29, 1.82) is 5.26 Å². The first-order valence-electron chi connectivity index (χ1n) is 6.87. The van der Waals surface area contributed by atoms with Crippen LogP contribution in [-0.4, -0.2) is 42.7 Å². The molecule has 1 N–H and O–H groups in total. The van der Waals surface area contributed by atoms with E-state index in [9.17, 15) is 5.26 Å². The molecule has 0 aromatic carbocycles. The Balaban J connectivity index is 1.83. The van der Waals surface area contributed by atoms with E-state index in [1.807, 2.05) is 19.2 Å². The normalized spacial score (nSPS) is 27.1. The number of hydrogen-bond donors (Lipinski definition) is 1. The highest BCUT2D eigenvalue weighted by molar-refractivity contribution is 5.55. The number of piperidine rings is 1. The van der Waals surface area contributed by atoms with Crippen molar-refractivity contribution >= 4 is 5.82 Å². The summed E-state index contributed by atoms with van der Waals surface area (Å²) >= 11 is 0. The monoisotopic (exact) mass is 257 g/mol. The zero-order valence-corrected chi connectivity index (χ0v) is 11.2. The molecule has 0 radical (unpaired) electrons. The van der Waals surface area contributed by atoms with Gasteiger partial charge in [-0.1, -0.05) is 0 Å². The van der Waals surface area contributed by atoms with Gasteiger partial charge >= 0.3 is 0 Å². The molecule has 1 aromatic rings. The lowest BCUT2D eigenvalue weighted by Gasteiger charge is -2.38. The summed E-state index contributed by atoms with van der Waals surface area (Å²) in [7, 11) is 1.99. The molecule has 2 aliphatic heterocycles. The average Bonchev–Trinajstić information content (AvgIpc) is 2.89. The summed E-state index contributed by atoms with van der Waals surface area (Å²) in [6.45, 7) is 3.16. The molecule has 3 heterocycles. The van der Waals surface area contributed by atoms with Crippen LogP contribution in [-0.2, 0) is 0 Å². The number of nitrogens with zero attached hydrogens (tertiary/aromatic N) is 4. The maximum Gasteiger partial charge on any atom is 0.146 e. The quantitative estimate of drug-likeness (QED) is 0.856. The number of anilines is 1. The fourth-order valence-corrected chi connectivity index (χ4v) is 3.36. The second kappa shape index (κ2) is 5.16.